The number of hydrogen-bond donors (Lipinski definition) is 2. The molecule has 112 valence electrons. The van der Waals surface area contributed by atoms with Gasteiger partial charge in [-0.3, -0.25) is 4.72 Å². The number of anilines is 1. The summed E-state index contributed by atoms with van der Waals surface area (Å²) < 4.78 is 58.2. The van der Waals surface area contributed by atoms with Crippen LogP contribution >= 0.6 is 0 Å². The molecule has 0 aliphatic carbocycles. The number of esters is 1. The molecular weight excluding hydrogens is 294 g/mol. The lowest BCUT2D eigenvalue weighted by atomic mass is 10.2. The molecule has 20 heavy (non-hydrogen) atoms. The van der Waals surface area contributed by atoms with Crippen molar-refractivity contribution < 1.29 is 26.7 Å². The lowest BCUT2D eigenvalue weighted by Crippen LogP contribution is -2.35. The molecule has 0 aromatic heterocycles. The molecule has 0 saturated carbocycles. The molecule has 2 N–H and O–H groups in total. The van der Waals surface area contributed by atoms with Crippen LogP contribution in [0, 0.1) is 11.6 Å². The van der Waals surface area contributed by atoms with Crippen molar-refractivity contribution in [1.29, 1.82) is 0 Å². The van der Waals surface area contributed by atoms with Crippen LogP contribution < -0.4 is 9.44 Å². The molecule has 0 aliphatic rings. The Balaban J connectivity index is 3.23. The van der Waals surface area contributed by atoms with Gasteiger partial charge in [0, 0.05) is 12.1 Å². The van der Waals surface area contributed by atoms with Crippen LogP contribution in [0.2, 0.25) is 0 Å². The largest absolute Gasteiger partial charge is 0.465 e. The quantitative estimate of drug-likeness (QED) is 0.805. The van der Waals surface area contributed by atoms with Crippen molar-refractivity contribution in [3.8, 4) is 0 Å². The van der Waals surface area contributed by atoms with E-state index in [9.17, 15) is 22.0 Å². The summed E-state index contributed by atoms with van der Waals surface area (Å²) in [7, 11) is -2.99. The zero-order valence-corrected chi connectivity index (χ0v) is 11.8. The molecule has 6 nitrogen and oxygen atoms in total. The lowest BCUT2D eigenvalue weighted by Gasteiger charge is -2.14. The number of nitrogens with one attached hydrogen (secondary N) is 2. The van der Waals surface area contributed by atoms with E-state index in [1.807, 2.05) is 4.72 Å². The molecule has 1 aromatic carbocycles. The van der Waals surface area contributed by atoms with Gasteiger partial charge in [0.2, 0.25) is 0 Å². The smallest absolute Gasteiger partial charge is 0.340 e. The molecule has 0 aliphatic heterocycles. The van der Waals surface area contributed by atoms with Crippen LogP contribution in [0.1, 0.15) is 24.2 Å². The molecule has 1 aromatic rings. The van der Waals surface area contributed by atoms with Gasteiger partial charge in [0.05, 0.1) is 18.4 Å². The summed E-state index contributed by atoms with van der Waals surface area (Å²) in [6.07, 6.45) is 0. The Bertz CT molecular complexity index is 617. The molecule has 0 amide bonds. The fourth-order valence-corrected chi connectivity index (χ4v) is 2.53. The summed E-state index contributed by atoms with van der Waals surface area (Å²) in [6, 6.07) is 0.717. The van der Waals surface area contributed by atoms with Crippen molar-refractivity contribution in [3.63, 3.8) is 0 Å². The number of carbonyl (C=O) groups is 1. The van der Waals surface area contributed by atoms with Crippen molar-refractivity contribution in [1.82, 2.24) is 4.72 Å². The molecule has 0 saturated heterocycles. The molecule has 0 fully saturated rings. The van der Waals surface area contributed by atoms with E-state index in [4.69, 9.17) is 0 Å². The van der Waals surface area contributed by atoms with Crippen molar-refractivity contribution in [2.45, 2.75) is 19.9 Å². The van der Waals surface area contributed by atoms with Gasteiger partial charge in [-0.2, -0.15) is 13.1 Å². The van der Waals surface area contributed by atoms with Gasteiger partial charge in [0.15, 0.2) is 11.6 Å². The monoisotopic (exact) mass is 308 g/mol. The highest BCUT2D eigenvalue weighted by Gasteiger charge is 2.20. The average Bonchev–Trinajstić information content (AvgIpc) is 2.30. The number of benzene rings is 1. The normalized spacial score (nSPS) is 11.5. The molecule has 1 rings (SSSR count). The first-order valence-electron chi connectivity index (χ1n) is 5.53. The Morgan fingerprint density at radius 1 is 1.25 bits per heavy atom. The maximum Gasteiger partial charge on any atom is 0.340 e. The Hall–Kier alpha value is -1.74. The number of carbonyl (C=O) groups excluding carboxylic acids is 1. The Kier molecular flexibility index (Phi) is 5.01. The summed E-state index contributed by atoms with van der Waals surface area (Å²) in [5, 5.41) is 0. The van der Waals surface area contributed by atoms with E-state index in [-0.39, 0.29) is 0 Å². The van der Waals surface area contributed by atoms with Crippen LogP contribution in [-0.2, 0) is 14.9 Å². The van der Waals surface area contributed by atoms with Crippen LogP contribution in [-0.4, -0.2) is 27.5 Å². The predicted octanol–water partition coefficient (Wildman–Crippen LogP) is 1.41. The van der Waals surface area contributed by atoms with Gasteiger partial charge >= 0.3 is 5.97 Å². The van der Waals surface area contributed by atoms with Crippen LogP contribution in [0.25, 0.3) is 0 Å². The third-order valence-corrected chi connectivity index (χ3v) is 3.37. The van der Waals surface area contributed by atoms with Crippen LogP contribution in [0.3, 0.4) is 0 Å². The highest BCUT2D eigenvalue weighted by atomic mass is 32.2. The van der Waals surface area contributed by atoms with E-state index < -0.39 is 45.1 Å². The van der Waals surface area contributed by atoms with E-state index in [1.54, 1.807) is 13.8 Å². The van der Waals surface area contributed by atoms with Gasteiger partial charge in [0.1, 0.15) is 0 Å². The minimum absolute atomic E-state index is 0.413. The maximum absolute atomic E-state index is 13.2. The minimum atomic E-state index is -4.02. The molecule has 0 heterocycles. The zero-order valence-electron chi connectivity index (χ0n) is 11.0. The van der Waals surface area contributed by atoms with E-state index in [2.05, 4.69) is 9.46 Å². The van der Waals surface area contributed by atoms with Crippen LogP contribution in [0.15, 0.2) is 12.1 Å². The first kappa shape index (κ1) is 16.3. The number of hydrogen-bond acceptors (Lipinski definition) is 4. The molecular formula is C11H14F2N2O4S. The minimum Gasteiger partial charge on any atom is -0.465 e. The summed E-state index contributed by atoms with van der Waals surface area (Å²) in [5.41, 5.74) is -0.843. The van der Waals surface area contributed by atoms with Gasteiger partial charge in [-0.1, -0.05) is 0 Å². The zero-order chi connectivity index (χ0) is 15.5. The predicted molar refractivity (Wildman–Crippen MR) is 68.5 cm³/mol. The van der Waals surface area contributed by atoms with Gasteiger partial charge in [-0.15, -0.1) is 0 Å². The average molecular weight is 308 g/mol. The molecule has 0 bridgehead atoms. The first-order valence-corrected chi connectivity index (χ1v) is 7.02. The molecule has 0 atom stereocenters. The van der Waals surface area contributed by atoms with E-state index in [1.165, 1.54) is 0 Å². The number of ether oxygens (including phenoxy) is 1. The van der Waals surface area contributed by atoms with Crippen molar-refractivity contribution in [2.75, 3.05) is 11.8 Å². The molecule has 0 spiro atoms. The lowest BCUT2D eigenvalue weighted by molar-refractivity contribution is 0.0601. The number of halogens is 2. The Morgan fingerprint density at radius 3 is 2.30 bits per heavy atom. The number of rotatable bonds is 5. The molecule has 9 heteroatoms. The van der Waals surface area contributed by atoms with Crippen LogP contribution in [0.5, 0.6) is 0 Å². The van der Waals surface area contributed by atoms with Gasteiger partial charge in [-0.05, 0) is 19.9 Å². The second-order valence-corrected chi connectivity index (χ2v) is 5.63. The highest BCUT2D eigenvalue weighted by molar-refractivity contribution is 7.90. The third-order valence-electron chi connectivity index (χ3n) is 2.10. The fourth-order valence-electron chi connectivity index (χ4n) is 1.39. The highest BCUT2D eigenvalue weighted by Crippen LogP contribution is 2.21. The summed E-state index contributed by atoms with van der Waals surface area (Å²) >= 11 is 0. The maximum atomic E-state index is 13.2. The Labute approximate surface area is 115 Å². The van der Waals surface area contributed by atoms with Crippen LogP contribution in [0.4, 0.5) is 14.5 Å². The third kappa shape index (κ3) is 4.14. The summed E-state index contributed by atoms with van der Waals surface area (Å²) in [6.45, 7) is 3.15. The van der Waals surface area contributed by atoms with Crippen molar-refractivity contribution >= 4 is 21.9 Å². The van der Waals surface area contributed by atoms with Gasteiger partial charge in [-0.25, -0.2) is 13.6 Å². The van der Waals surface area contributed by atoms with E-state index in [0.717, 1.165) is 7.11 Å². The molecule has 0 radical (unpaired) electrons. The summed E-state index contributed by atoms with van der Waals surface area (Å²) in [5.74, 6) is -3.57. The van der Waals surface area contributed by atoms with E-state index in [0.29, 0.717) is 12.1 Å². The number of methoxy groups -OCH3 is 1. The van der Waals surface area contributed by atoms with E-state index >= 15 is 0 Å². The first-order chi connectivity index (χ1) is 9.16. The fraction of sp³-hybridized carbons (Fsp3) is 0.364. The van der Waals surface area contributed by atoms with Crippen molar-refractivity contribution in [2.24, 2.45) is 0 Å². The molecule has 0 unspecified atom stereocenters. The van der Waals surface area contributed by atoms with Gasteiger partial charge < -0.3 is 4.74 Å². The second-order valence-electron chi connectivity index (χ2n) is 4.18. The SMILES string of the molecule is COC(=O)c1cc(F)c(F)cc1NS(=O)(=O)NC(C)C. The second kappa shape index (κ2) is 6.14. The topological polar surface area (TPSA) is 84.5 Å². The van der Waals surface area contributed by atoms with Crippen molar-refractivity contribution in [3.05, 3.63) is 29.3 Å². The van der Waals surface area contributed by atoms with Gasteiger partial charge in [0.25, 0.3) is 10.2 Å². The Morgan fingerprint density at radius 2 is 1.80 bits per heavy atom. The summed E-state index contributed by atoms with van der Waals surface area (Å²) in [4.78, 5) is 11.4. The standard InChI is InChI=1S/C11H14F2N2O4S/c1-6(2)14-20(17,18)15-10-5-9(13)8(12)4-7(10)11(16)19-3/h4-6,14-15H,1-3H3.